The molecule has 3 nitrogen and oxygen atoms in total. The van der Waals surface area contributed by atoms with Gasteiger partial charge in [0.15, 0.2) is 0 Å². The van der Waals surface area contributed by atoms with Crippen molar-refractivity contribution in [2.45, 2.75) is 36.8 Å². The smallest absolute Gasteiger partial charge is 0.252 e. The van der Waals surface area contributed by atoms with Crippen molar-refractivity contribution < 1.29 is 13.9 Å². The summed E-state index contributed by atoms with van der Waals surface area (Å²) in [4.78, 5) is 13.4. The average Bonchev–Trinajstić information content (AvgIpc) is 2.59. The van der Waals surface area contributed by atoms with Gasteiger partial charge in [0.25, 0.3) is 5.91 Å². The molecule has 25 heavy (non-hydrogen) atoms. The minimum absolute atomic E-state index is 0.0387. The second-order valence-corrected chi connectivity index (χ2v) is 7.55. The third kappa shape index (κ3) is 6.78. The van der Waals surface area contributed by atoms with Crippen LogP contribution in [0.4, 0.5) is 4.39 Å². The summed E-state index contributed by atoms with van der Waals surface area (Å²) in [6.45, 7) is 5.37. The number of hydrogen-bond donors (Lipinski definition) is 1. The zero-order valence-electron chi connectivity index (χ0n) is 14.6. The van der Waals surface area contributed by atoms with Crippen LogP contribution in [0.15, 0.2) is 53.4 Å². The van der Waals surface area contributed by atoms with Crippen molar-refractivity contribution in [2.75, 3.05) is 13.2 Å². The van der Waals surface area contributed by atoms with Gasteiger partial charge in [-0.05, 0) is 49.2 Å². The molecule has 0 fully saturated rings. The number of ether oxygens (including phenoxy) is 1. The van der Waals surface area contributed by atoms with Crippen LogP contribution in [0.3, 0.4) is 0 Å². The third-order valence-corrected chi connectivity index (χ3v) is 4.51. The van der Waals surface area contributed by atoms with Crippen molar-refractivity contribution in [3.8, 4) is 5.75 Å². The Kier molecular flexibility index (Phi) is 7.79. The van der Waals surface area contributed by atoms with E-state index in [0.717, 1.165) is 23.3 Å². The van der Waals surface area contributed by atoms with Gasteiger partial charge in [0, 0.05) is 16.7 Å². The molecule has 0 aliphatic carbocycles. The van der Waals surface area contributed by atoms with E-state index in [1.165, 1.54) is 12.1 Å². The molecule has 0 bridgehead atoms. The molecule has 2 aromatic carbocycles. The SMILES string of the molecule is CC(C)Sc1ccccc1C(=O)NCCCCOc1ccc(F)cc1. The summed E-state index contributed by atoms with van der Waals surface area (Å²) >= 11 is 1.69. The molecule has 0 unspecified atom stereocenters. The van der Waals surface area contributed by atoms with Crippen LogP contribution in [0.25, 0.3) is 0 Å². The lowest BCUT2D eigenvalue weighted by molar-refractivity contribution is 0.0949. The Labute approximate surface area is 153 Å². The zero-order valence-corrected chi connectivity index (χ0v) is 15.4. The van der Waals surface area contributed by atoms with Crippen LogP contribution < -0.4 is 10.1 Å². The molecule has 2 aromatic rings. The molecule has 0 aliphatic heterocycles. The second kappa shape index (κ2) is 10.1. The van der Waals surface area contributed by atoms with E-state index in [2.05, 4.69) is 19.2 Å². The Morgan fingerprint density at radius 3 is 2.56 bits per heavy atom. The largest absolute Gasteiger partial charge is 0.494 e. The number of carbonyl (C=O) groups is 1. The summed E-state index contributed by atoms with van der Waals surface area (Å²) in [5, 5.41) is 3.39. The number of benzene rings is 2. The first kappa shape index (κ1) is 19.3. The molecular formula is C20H24FNO2S. The maximum atomic E-state index is 12.8. The first-order valence-electron chi connectivity index (χ1n) is 8.48. The highest BCUT2D eigenvalue weighted by Crippen LogP contribution is 2.26. The number of unbranched alkanes of at least 4 members (excludes halogenated alkanes) is 1. The van der Waals surface area contributed by atoms with Crippen molar-refractivity contribution in [1.29, 1.82) is 0 Å². The molecular weight excluding hydrogens is 337 g/mol. The molecule has 0 saturated heterocycles. The standard InChI is InChI=1S/C20H24FNO2S/c1-15(2)25-19-8-4-3-7-18(19)20(23)22-13-5-6-14-24-17-11-9-16(21)10-12-17/h3-4,7-12,15H,5-6,13-14H2,1-2H3,(H,22,23). The van der Waals surface area contributed by atoms with Crippen LogP contribution in [-0.4, -0.2) is 24.3 Å². The predicted octanol–water partition coefficient (Wildman–Crippen LogP) is 4.92. The number of halogens is 1. The topological polar surface area (TPSA) is 38.3 Å². The summed E-state index contributed by atoms with van der Waals surface area (Å²) in [5.41, 5.74) is 0.726. The Morgan fingerprint density at radius 1 is 1.12 bits per heavy atom. The zero-order chi connectivity index (χ0) is 18.1. The summed E-state index contributed by atoms with van der Waals surface area (Å²) < 4.78 is 18.3. The van der Waals surface area contributed by atoms with Gasteiger partial charge in [0.2, 0.25) is 0 Å². The van der Waals surface area contributed by atoms with Crippen molar-refractivity contribution >= 4 is 17.7 Å². The fourth-order valence-corrected chi connectivity index (χ4v) is 3.21. The van der Waals surface area contributed by atoms with Crippen molar-refractivity contribution in [3.63, 3.8) is 0 Å². The average molecular weight is 361 g/mol. The number of rotatable bonds is 9. The van der Waals surface area contributed by atoms with Crippen LogP contribution >= 0.6 is 11.8 Å². The lowest BCUT2D eigenvalue weighted by atomic mass is 10.2. The van der Waals surface area contributed by atoms with Gasteiger partial charge in [-0.1, -0.05) is 26.0 Å². The second-order valence-electron chi connectivity index (χ2n) is 5.93. The quantitative estimate of drug-likeness (QED) is 0.509. The lowest BCUT2D eigenvalue weighted by Crippen LogP contribution is -2.25. The van der Waals surface area contributed by atoms with Gasteiger partial charge >= 0.3 is 0 Å². The summed E-state index contributed by atoms with van der Waals surface area (Å²) in [6, 6.07) is 13.7. The van der Waals surface area contributed by atoms with E-state index in [0.29, 0.717) is 24.2 Å². The lowest BCUT2D eigenvalue weighted by Gasteiger charge is -2.11. The van der Waals surface area contributed by atoms with Crippen LogP contribution in [0, 0.1) is 5.82 Å². The van der Waals surface area contributed by atoms with Crippen molar-refractivity contribution in [2.24, 2.45) is 0 Å². The molecule has 0 aromatic heterocycles. The molecule has 0 atom stereocenters. The fraction of sp³-hybridized carbons (Fsp3) is 0.350. The monoisotopic (exact) mass is 361 g/mol. The van der Waals surface area contributed by atoms with Crippen LogP contribution in [0.5, 0.6) is 5.75 Å². The van der Waals surface area contributed by atoms with Gasteiger partial charge in [0.05, 0.1) is 12.2 Å². The number of thioether (sulfide) groups is 1. The Morgan fingerprint density at radius 2 is 1.84 bits per heavy atom. The first-order chi connectivity index (χ1) is 12.1. The molecule has 0 radical (unpaired) electrons. The fourth-order valence-electron chi connectivity index (χ4n) is 2.26. The van der Waals surface area contributed by atoms with E-state index in [9.17, 15) is 9.18 Å². The molecule has 0 saturated carbocycles. The molecule has 134 valence electrons. The predicted molar refractivity (Wildman–Crippen MR) is 101 cm³/mol. The third-order valence-electron chi connectivity index (χ3n) is 3.43. The van der Waals surface area contributed by atoms with Crippen LogP contribution in [0.2, 0.25) is 0 Å². The van der Waals surface area contributed by atoms with E-state index < -0.39 is 0 Å². The molecule has 1 amide bonds. The molecule has 0 aliphatic rings. The van der Waals surface area contributed by atoms with Gasteiger partial charge in [-0.15, -0.1) is 11.8 Å². The molecule has 0 heterocycles. The highest BCUT2D eigenvalue weighted by atomic mass is 32.2. The van der Waals surface area contributed by atoms with E-state index in [1.807, 2.05) is 24.3 Å². The van der Waals surface area contributed by atoms with E-state index in [4.69, 9.17) is 4.74 Å². The van der Waals surface area contributed by atoms with Gasteiger partial charge in [0.1, 0.15) is 11.6 Å². The summed E-state index contributed by atoms with van der Waals surface area (Å²) in [5.74, 6) is 0.347. The number of hydrogen-bond acceptors (Lipinski definition) is 3. The highest BCUT2D eigenvalue weighted by Gasteiger charge is 2.11. The Hall–Kier alpha value is -2.01. The van der Waals surface area contributed by atoms with Gasteiger partial charge in [-0.3, -0.25) is 4.79 Å². The van der Waals surface area contributed by atoms with Crippen molar-refractivity contribution in [1.82, 2.24) is 5.32 Å². The number of carbonyl (C=O) groups excluding carboxylic acids is 1. The molecule has 1 N–H and O–H groups in total. The normalized spacial score (nSPS) is 10.7. The van der Waals surface area contributed by atoms with E-state index in [-0.39, 0.29) is 11.7 Å². The first-order valence-corrected chi connectivity index (χ1v) is 9.36. The maximum absolute atomic E-state index is 12.8. The number of amides is 1. The van der Waals surface area contributed by atoms with Crippen LogP contribution in [-0.2, 0) is 0 Å². The minimum atomic E-state index is -0.272. The van der Waals surface area contributed by atoms with Crippen LogP contribution in [0.1, 0.15) is 37.0 Å². The maximum Gasteiger partial charge on any atom is 0.252 e. The van der Waals surface area contributed by atoms with Gasteiger partial charge < -0.3 is 10.1 Å². The van der Waals surface area contributed by atoms with Gasteiger partial charge in [-0.2, -0.15) is 0 Å². The van der Waals surface area contributed by atoms with E-state index >= 15 is 0 Å². The highest BCUT2D eigenvalue weighted by molar-refractivity contribution is 8.00. The summed E-state index contributed by atoms with van der Waals surface area (Å²) in [7, 11) is 0. The molecule has 0 spiro atoms. The number of nitrogens with one attached hydrogen (secondary N) is 1. The Balaban J connectivity index is 1.69. The van der Waals surface area contributed by atoms with Crippen molar-refractivity contribution in [3.05, 3.63) is 59.9 Å². The minimum Gasteiger partial charge on any atom is -0.494 e. The Bertz CT molecular complexity index is 674. The molecule has 2 rings (SSSR count). The van der Waals surface area contributed by atoms with Gasteiger partial charge in [-0.25, -0.2) is 4.39 Å². The molecule has 5 heteroatoms. The summed E-state index contributed by atoms with van der Waals surface area (Å²) in [6.07, 6.45) is 1.65. The van der Waals surface area contributed by atoms with E-state index in [1.54, 1.807) is 23.9 Å².